The van der Waals surface area contributed by atoms with Gasteiger partial charge in [-0.1, -0.05) is 15.9 Å². The Balaban J connectivity index is 2.13. The van der Waals surface area contributed by atoms with Crippen LogP contribution in [0.1, 0.15) is 19.8 Å². The van der Waals surface area contributed by atoms with E-state index < -0.39 is 16.1 Å². The lowest BCUT2D eigenvalue weighted by Gasteiger charge is -2.15. The van der Waals surface area contributed by atoms with Gasteiger partial charge >= 0.3 is 0 Å². The second-order valence-corrected chi connectivity index (χ2v) is 7.41. The van der Waals surface area contributed by atoms with Crippen LogP contribution in [0.15, 0.2) is 27.6 Å². The van der Waals surface area contributed by atoms with Crippen LogP contribution in [0.2, 0.25) is 0 Å². The van der Waals surface area contributed by atoms with E-state index in [9.17, 15) is 13.2 Å². The highest BCUT2D eigenvalue weighted by atomic mass is 79.9. The zero-order valence-corrected chi connectivity index (χ0v) is 13.3. The number of hydrogen-bond donors (Lipinski definition) is 3. The number of sulfonamides is 1. The number of carbonyl (C=O) groups excluding carboxylic acids is 1. The molecule has 1 aliphatic carbocycles. The molecule has 0 aliphatic heterocycles. The van der Waals surface area contributed by atoms with Crippen molar-refractivity contribution in [2.24, 2.45) is 0 Å². The molecule has 4 N–H and O–H groups in total. The molecule has 0 spiro atoms. The molecule has 0 bridgehead atoms. The van der Waals surface area contributed by atoms with Gasteiger partial charge in [0.2, 0.25) is 15.9 Å². The lowest BCUT2D eigenvalue weighted by atomic mass is 10.3. The third-order valence-electron chi connectivity index (χ3n) is 2.91. The number of benzene rings is 1. The van der Waals surface area contributed by atoms with Gasteiger partial charge in [0.05, 0.1) is 11.7 Å². The summed E-state index contributed by atoms with van der Waals surface area (Å²) in [4.78, 5) is 11.7. The molecule has 1 saturated carbocycles. The first-order valence-corrected chi connectivity index (χ1v) is 8.45. The molecule has 1 fully saturated rings. The Morgan fingerprint density at radius 3 is 2.70 bits per heavy atom. The van der Waals surface area contributed by atoms with Gasteiger partial charge in [-0.05, 0) is 38.0 Å². The molecular weight excluding hydrogens is 346 g/mol. The molecule has 20 heavy (non-hydrogen) atoms. The highest BCUT2D eigenvalue weighted by molar-refractivity contribution is 9.10. The van der Waals surface area contributed by atoms with Gasteiger partial charge in [0.1, 0.15) is 4.90 Å². The third kappa shape index (κ3) is 3.71. The molecular formula is C12H16BrN3O3S. The largest absolute Gasteiger partial charge is 0.398 e. The minimum atomic E-state index is -3.84. The summed E-state index contributed by atoms with van der Waals surface area (Å²) in [5.74, 6) is -0.329. The number of amides is 1. The summed E-state index contributed by atoms with van der Waals surface area (Å²) in [7, 11) is -3.84. The van der Waals surface area contributed by atoms with Crippen molar-refractivity contribution in [2.45, 2.75) is 36.7 Å². The number of halogens is 1. The van der Waals surface area contributed by atoms with Crippen LogP contribution in [0.3, 0.4) is 0 Å². The van der Waals surface area contributed by atoms with Crippen molar-refractivity contribution in [1.29, 1.82) is 0 Å². The van der Waals surface area contributed by atoms with Crippen LogP contribution in [0.5, 0.6) is 0 Å². The van der Waals surface area contributed by atoms with Crippen LogP contribution in [0.4, 0.5) is 5.69 Å². The zero-order chi connectivity index (χ0) is 14.9. The summed E-state index contributed by atoms with van der Waals surface area (Å²) < 4.78 is 27.4. The van der Waals surface area contributed by atoms with Gasteiger partial charge in [0, 0.05) is 10.5 Å². The Kier molecular flexibility index (Phi) is 4.36. The molecule has 1 atom stereocenters. The van der Waals surface area contributed by atoms with E-state index in [1.54, 1.807) is 6.07 Å². The van der Waals surface area contributed by atoms with Crippen LogP contribution in [0.25, 0.3) is 0 Å². The fourth-order valence-electron chi connectivity index (χ4n) is 1.64. The Bertz CT molecular complexity index is 629. The molecule has 1 aromatic carbocycles. The molecule has 6 nitrogen and oxygen atoms in total. The number of rotatable bonds is 5. The fourth-order valence-corrected chi connectivity index (χ4v) is 3.52. The molecule has 110 valence electrons. The second-order valence-electron chi connectivity index (χ2n) is 4.81. The molecule has 1 unspecified atom stereocenters. The molecule has 1 amide bonds. The quantitative estimate of drug-likeness (QED) is 0.680. The van der Waals surface area contributed by atoms with E-state index in [0.29, 0.717) is 4.47 Å². The third-order valence-corrected chi connectivity index (χ3v) is 5.00. The Morgan fingerprint density at radius 1 is 1.45 bits per heavy atom. The first kappa shape index (κ1) is 15.3. The predicted molar refractivity (Wildman–Crippen MR) is 79.5 cm³/mol. The average Bonchev–Trinajstić information content (AvgIpc) is 3.15. The first-order valence-electron chi connectivity index (χ1n) is 6.17. The fraction of sp³-hybridized carbons (Fsp3) is 0.417. The maximum absolute atomic E-state index is 12.2. The van der Waals surface area contributed by atoms with Gasteiger partial charge in [-0.3, -0.25) is 4.79 Å². The smallest absolute Gasteiger partial charge is 0.243 e. The predicted octanol–water partition coefficient (Wildman–Crippen LogP) is 0.977. The molecule has 0 saturated heterocycles. The van der Waals surface area contributed by atoms with Crippen molar-refractivity contribution in [3.63, 3.8) is 0 Å². The topological polar surface area (TPSA) is 101 Å². The number of nitrogen functional groups attached to an aromatic ring is 1. The highest BCUT2D eigenvalue weighted by Gasteiger charge is 2.28. The summed E-state index contributed by atoms with van der Waals surface area (Å²) >= 11 is 3.20. The van der Waals surface area contributed by atoms with Gasteiger partial charge in [0.25, 0.3) is 0 Å². The first-order chi connectivity index (χ1) is 9.29. The SMILES string of the molecule is CC(NS(=O)(=O)c1cc(Br)ccc1N)C(=O)NC1CC1. The van der Waals surface area contributed by atoms with Gasteiger partial charge in [-0.25, -0.2) is 8.42 Å². The van der Waals surface area contributed by atoms with E-state index in [2.05, 4.69) is 26.0 Å². The number of hydrogen-bond acceptors (Lipinski definition) is 4. The minimum absolute atomic E-state index is 0.0436. The second kappa shape index (κ2) is 5.71. The van der Waals surface area contributed by atoms with Crippen molar-refractivity contribution in [1.82, 2.24) is 10.0 Å². The Labute approximate surface area is 126 Å². The van der Waals surface area contributed by atoms with E-state index in [4.69, 9.17) is 5.73 Å². The van der Waals surface area contributed by atoms with Gasteiger partial charge in [0.15, 0.2) is 0 Å². The van der Waals surface area contributed by atoms with Crippen molar-refractivity contribution in [3.8, 4) is 0 Å². The van der Waals surface area contributed by atoms with E-state index in [1.807, 2.05) is 0 Å². The number of nitrogens with one attached hydrogen (secondary N) is 2. The Morgan fingerprint density at radius 2 is 2.10 bits per heavy atom. The highest BCUT2D eigenvalue weighted by Crippen LogP contribution is 2.23. The van der Waals surface area contributed by atoms with Gasteiger partial charge < -0.3 is 11.1 Å². The van der Waals surface area contributed by atoms with Crippen LogP contribution < -0.4 is 15.8 Å². The molecule has 0 heterocycles. The molecule has 1 aliphatic rings. The van der Waals surface area contributed by atoms with Crippen LogP contribution in [0, 0.1) is 0 Å². The zero-order valence-electron chi connectivity index (χ0n) is 10.9. The van der Waals surface area contributed by atoms with Crippen molar-refractivity contribution in [3.05, 3.63) is 22.7 Å². The van der Waals surface area contributed by atoms with Crippen molar-refractivity contribution < 1.29 is 13.2 Å². The summed E-state index contributed by atoms with van der Waals surface area (Å²) in [6.07, 6.45) is 1.90. The standard InChI is InChI=1S/C12H16BrN3O3S/c1-7(12(17)15-9-3-4-9)16-20(18,19)11-6-8(13)2-5-10(11)14/h2,5-7,9,16H,3-4,14H2,1H3,(H,15,17). The van der Waals surface area contributed by atoms with E-state index in [1.165, 1.54) is 19.1 Å². The van der Waals surface area contributed by atoms with E-state index in [-0.39, 0.29) is 22.5 Å². The van der Waals surface area contributed by atoms with Crippen LogP contribution in [-0.2, 0) is 14.8 Å². The van der Waals surface area contributed by atoms with E-state index >= 15 is 0 Å². The molecule has 8 heteroatoms. The molecule has 1 aromatic rings. The summed E-state index contributed by atoms with van der Waals surface area (Å²) in [5, 5.41) is 2.75. The molecule has 0 aromatic heterocycles. The molecule has 0 radical (unpaired) electrons. The number of nitrogens with two attached hydrogens (primary N) is 1. The van der Waals surface area contributed by atoms with Crippen LogP contribution >= 0.6 is 15.9 Å². The lowest BCUT2D eigenvalue weighted by Crippen LogP contribution is -2.45. The monoisotopic (exact) mass is 361 g/mol. The van der Waals surface area contributed by atoms with E-state index in [0.717, 1.165) is 12.8 Å². The van der Waals surface area contributed by atoms with Gasteiger partial charge in [-0.2, -0.15) is 4.72 Å². The number of carbonyl (C=O) groups is 1. The summed E-state index contributed by atoms with van der Waals surface area (Å²) in [6.45, 7) is 1.50. The van der Waals surface area contributed by atoms with Crippen molar-refractivity contribution >= 4 is 37.5 Å². The van der Waals surface area contributed by atoms with Crippen LogP contribution in [-0.4, -0.2) is 26.4 Å². The minimum Gasteiger partial charge on any atom is -0.398 e. The summed E-state index contributed by atoms with van der Waals surface area (Å²) in [6, 6.07) is 3.89. The maximum atomic E-state index is 12.2. The normalized spacial score (nSPS) is 16.7. The van der Waals surface area contributed by atoms with Crippen molar-refractivity contribution in [2.75, 3.05) is 5.73 Å². The number of anilines is 1. The summed E-state index contributed by atoms with van der Waals surface area (Å²) in [5.41, 5.74) is 5.81. The lowest BCUT2D eigenvalue weighted by molar-refractivity contribution is -0.122. The maximum Gasteiger partial charge on any atom is 0.243 e. The Hall–Kier alpha value is -1.12. The average molecular weight is 362 g/mol. The van der Waals surface area contributed by atoms with Gasteiger partial charge in [-0.15, -0.1) is 0 Å². The molecule has 2 rings (SSSR count).